The molecule has 0 saturated carbocycles. The minimum absolute atomic E-state index is 0.206. The molecule has 0 heterocycles. The molecular weight excluding hydrogens is 294 g/mol. The molecule has 23 heavy (non-hydrogen) atoms. The summed E-state index contributed by atoms with van der Waals surface area (Å²) in [6, 6.07) is 12.3. The summed E-state index contributed by atoms with van der Waals surface area (Å²) >= 11 is 0. The van der Waals surface area contributed by atoms with Gasteiger partial charge in [0.1, 0.15) is 5.75 Å². The minimum atomic E-state index is -0.477. The van der Waals surface area contributed by atoms with E-state index in [1.165, 1.54) is 0 Å². The van der Waals surface area contributed by atoms with E-state index in [0.717, 1.165) is 11.1 Å². The molecule has 0 fully saturated rings. The van der Waals surface area contributed by atoms with Gasteiger partial charge in [-0.15, -0.1) is 0 Å². The van der Waals surface area contributed by atoms with Crippen molar-refractivity contribution in [2.75, 3.05) is 11.9 Å². The fourth-order valence-electron chi connectivity index (χ4n) is 2.25. The SMILES string of the molecule is Cc1cc(C)cc(NC(=O)COc2ccccc2C(=O)NN)c1. The molecule has 0 aromatic heterocycles. The average molecular weight is 313 g/mol. The second-order valence-corrected chi connectivity index (χ2v) is 5.18. The van der Waals surface area contributed by atoms with Crippen molar-refractivity contribution < 1.29 is 14.3 Å². The van der Waals surface area contributed by atoms with Crippen molar-refractivity contribution in [1.82, 2.24) is 5.43 Å². The summed E-state index contributed by atoms with van der Waals surface area (Å²) < 4.78 is 5.43. The summed E-state index contributed by atoms with van der Waals surface area (Å²) in [5, 5.41) is 2.77. The molecule has 0 spiro atoms. The van der Waals surface area contributed by atoms with E-state index < -0.39 is 5.91 Å². The average Bonchev–Trinajstić information content (AvgIpc) is 2.51. The quantitative estimate of drug-likeness (QED) is 0.446. The van der Waals surface area contributed by atoms with Crippen LogP contribution in [0.1, 0.15) is 21.5 Å². The van der Waals surface area contributed by atoms with Crippen LogP contribution < -0.4 is 21.3 Å². The first kappa shape index (κ1) is 16.5. The van der Waals surface area contributed by atoms with Gasteiger partial charge in [-0.05, 0) is 49.2 Å². The highest BCUT2D eigenvalue weighted by Crippen LogP contribution is 2.18. The Morgan fingerprint density at radius 2 is 1.74 bits per heavy atom. The molecule has 0 bridgehead atoms. The lowest BCUT2D eigenvalue weighted by Crippen LogP contribution is -2.30. The Bertz CT molecular complexity index is 709. The number of rotatable bonds is 5. The molecule has 2 amide bonds. The third kappa shape index (κ3) is 4.55. The summed E-state index contributed by atoms with van der Waals surface area (Å²) in [4.78, 5) is 23.6. The van der Waals surface area contributed by atoms with Gasteiger partial charge in [0.2, 0.25) is 0 Å². The van der Waals surface area contributed by atoms with Crippen LogP contribution in [0.3, 0.4) is 0 Å². The molecule has 2 aromatic carbocycles. The predicted octanol–water partition coefficient (Wildman–Crippen LogP) is 1.92. The van der Waals surface area contributed by atoms with Gasteiger partial charge in [0, 0.05) is 5.69 Å². The van der Waals surface area contributed by atoms with Gasteiger partial charge in [0.25, 0.3) is 11.8 Å². The Morgan fingerprint density at radius 3 is 2.39 bits per heavy atom. The number of ether oxygens (including phenoxy) is 1. The smallest absolute Gasteiger partial charge is 0.268 e. The molecule has 120 valence electrons. The van der Waals surface area contributed by atoms with E-state index in [1.807, 2.05) is 37.5 Å². The summed E-state index contributed by atoms with van der Waals surface area (Å²) in [5.41, 5.74) is 5.15. The highest BCUT2D eigenvalue weighted by molar-refractivity contribution is 5.97. The van der Waals surface area contributed by atoms with Gasteiger partial charge in [-0.1, -0.05) is 18.2 Å². The van der Waals surface area contributed by atoms with Gasteiger partial charge in [-0.2, -0.15) is 0 Å². The van der Waals surface area contributed by atoms with Crippen LogP contribution in [0.25, 0.3) is 0 Å². The molecule has 2 rings (SSSR count). The molecule has 6 heteroatoms. The largest absolute Gasteiger partial charge is 0.483 e. The van der Waals surface area contributed by atoms with E-state index in [2.05, 4.69) is 5.32 Å². The fourth-order valence-corrected chi connectivity index (χ4v) is 2.25. The number of carbonyl (C=O) groups is 2. The molecule has 6 nitrogen and oxygen atoms in total. The standard InChI is InChI=1S/C17H19N3O3/c1-11-7-12(2)9-13(8-11)19-16(21)10-23-15-6-4-3-5-14(15)17(22)20-18/h3-9H,10,18H2,1-2H3,(H,19,21)(H,20,22). The maximum atomic E-state index is 12.0. The van der Waals surface area contributed by atoms with Crippen molar-refractivity contribution in [2.45, 2.75) is 13.8 Å². The van der Waals surface area contributed by atoms with Crippen LogP contribution in [-0.2, 0) is 4.79 Å². The Hall–Kier alpha value is -2.86. The number of anilines is 1. The molecule has 0 aliphatic carbocycles. The van der Waals surface area contributed by atoms with Gasteiger partial charge in [-0.3, -0.25) is 15.0 Å². The molecule has 0 aliphatic rings. The molecule has 0 atom stereocenters. The lowest BCUT2D eigenvalue weighted by atomic mass is 10.1. The van der Waals surface area contributed by atoms with Crippen LogP contribution in [0, 0.1) is 13.8 Å². The Kier molecular flexibility index (Phi) is 5.32. The van der Waals surface area contributed by atoms with Gasteiger partial charge < -0.3 is 10.1 Å². The summed E-state index contributed by atoms with van der Waals surface area (Å²) in [5.74, 6) is 4.64. The number of hydrogen-bond donors (Lipinski definition) is 3. The van der Waals surface area contributed by atoms with Crippen LogP contribution in [-0.4, -0.2) is 18.4 Å². The third-order valence-corrected chi connectivity index (χ3v) is 3.13. The number of hydrazine groups is 1. The van der Waals surface area contributed by atoms with Gasteiger partial charge in [0.15, 0.2) is 6.61 Å². The minimum Gasteiger partial charge on any atom is -0.483 e. The number of nitrogens with one attached hydrogen (secondary N) is 2. The number of hydrogen-bond acceptors (Lipinski definition) is 4. The number of benzene rings is 2. The maximum Gasteiger partial charge on any atom is 0.268 e. The van der Waals surface area contributed by atoms with Crippen LogP contribution >= 0.6 is 0 Å². The highest BCUT2D eigenvalue weighted by atomic mass is 16.5. The number of nitrogen functional groups attached to an aromatic ring is 1. The zero-order valence-electron chi connectivity index (χ0n) is 13.1. The first-order valence-electron chi connectivity index (χ1n) is 7.10. The van der Waals surface area contributed by atoms with Gasteiger partial charge >= 0.3 is 0 Å². The summed E-state index contributed by atoms with van der Waals surface area (Å²) in [6.45, 7) is 3.71. The molecule has 0 unspecified atom stereocenters. The lowest BCUT2D eigenvalue weighted by Gasteiger charge is -2.11. The van der Waals surface area contributed by atoms with E-state index in [9.17, 15) is 9.59 Å². The molecule has 0 saturated heterocycles. The van der Waals surface area contributed by atoms with Crippen molar-refractivity contribution >= 4 is 17.5 Å². The zero-order valence-corrected chi connectivity index (χ0v) is 13.1. The molecule has 2 aromatic rings. The summed E-state index contributed by atoms with van der Waals surface area (Å²) in [6.07, 6.45) is 0. The summed E-state index contributed by atoms with van der Waals surface area (Å²) in [7, 11) is 0. The van der Waals surface area contributed by atoms with Crippen molar-refractivity contribution in [1.29, 1.82) is 0 Å². The van der Waals surface area contributed by atoms with Crippen molar-refractivity contribution in [3.63, 3.8) is 0 Å². The van der Waals surface area contributed by atoms with E-state index in [4.69, 9.17) is 10.6 Å². The number of aryl methyl sites for hydroxylation is 2. The van der Waals surface area contributed by atoms with E-state index >= 15 is 0 Å². The zero-order chi connectivity index (χ0) is 16.8. The number of amides is 2. The van der Waals surface area contributed by atoms with Crippen molar-refractivity contribution in [3.8, 4) is 5.75 Å². The second-order valence-electron chi connectivity index (χ2n) is 5.18. The van der Waals surface area contributed by atoms with Crippen molar-refractivity contribution in [3.05, 3.63) is 59.2 Å². The normalized spacial score (nSPS) is 10.0. The van der Waals surface area contributed by atoms with Gasteiger partial charge in [0.05, 0.1) is 5.56 Å². The number of carbonyl (C=O) groups excluding carboxylic acids is 2. The van der Waals surface area contributed by atoms with E-state index in [0.29, 0.717) is 11.4 Å². The topological polar surface area (TPSA) is 93.4 Å². The van der Waals surface area contributed by atoms with Crippen LogP contribution in [0.4, 0.5) is 5.69 Å². The van der Waals surface area contributed by atoms with Crippen molar-refractivity contribution in [2.24, 2.45) is 5.84 Å². The Balaban J connectivity index is 2.01. The molecule has 4 N–H and O–H groups in total. The Morgan fingerprint density at radius 1 is 1.09 bits per heavy atom. The molecular formula is C17H19N3O3. The van der Waals surface area contributed by atoms with Gasteiger partial charge in [-0.25, -0.2) is 5.84 Å². The number of nitrogens with two attached hydrogens (primary N) is 1. The van der Waals surface area contributed by atoms with E-state index in [1.54, 1.807) is 24.3 Å². The first-order valence-corrected chi connectivity index (χ1v) is 7.10. The second kappa shape index (κ2) is 7.42. The van der Waals surface area contributed by atoms with Crippen LogP contribution in [0.5, 0.6) is 5.75 Å². The predicted molar refractivity (Wildman–Crippen MR) is 88.1 cm³/mol. The molecule has 0 radical (unpaired) electrons. The maximum absolute atomic E-state index is 12.0. The molecule has 0 aliphatic heterocycles. The van der Waals surface area contributed by atoms with Crippen LogP contribution in [0.2, 0.25) is 0 Å². The number of para-hydroxylation sites is 1. The lowest BCUT2D eigenvalue weighted by molar-refractivity contribution is -0.118. The highest BCUT2D eigenvalue weighted by Gasteiger charge is 2.12. The third-order valence-electron chi connectivity index (χ3n) is 3.13. The Labute approximate surface area is 134 Å². The first-order chi connectivity index (χ1) is 11.0. The fraction of sp³-hybridized carbons (Fsp3) is 0.176. The monoisotopic (exact) mass is 313 g/mol. The van der Waals surface area contributed by atoms with Crippen LogP contribution in [0.15, 0.2) is 42.5 Å². The van der Waals surface area contributed by atoms with E-state index in [-0.39, 0.29) is 18.1 Å².